The van der Waals surface area contributed by atoms with Crippen molar-refractivity contribution >= 4 is 44.6 Å². The van der Waals surface area contributed by atoms with E-state index < -0.39 is 20.9 Å². The number of benzene rings is 3. The molecule has 0 atom stereocenters. The summed E-state index contributed by atoms with van der Waals surface area (Å²) in [5.74, 6) is -0.434. The fourth-order valence-corrected chi connectivity index (χ4v) is 3.96. The molecule has 9 nitrogen and oxygen atoms in total. The Kier molecular flexibility index (Phi) is 6.42. The van der Waals surface area contributed by atoms with E-state index in [0.717, 1.165) is 6.07 Å². The molecule has 2 N–H and O–H groups in total. The number of hydrogen-bond acceptors (Lipinski definition) is 6. The number of carbonyl (C=O) groups is 1. The lowest BCUT2D eigenvalue weighted by Crippen LogP contribution is -2.16. The molecule has 0 aliphatic rings. The van der Waals surface area contributed by atoms with Crippen LogP contribution in [0.25, 0.3) is 0 Å². The van der Waals surface area contributed by atoms with Crippen LogP contribution in [-0.2, 0) is 10.0 Å². The van der Waals surface area contributed by atoms with Gasteiger partial charge >= 0.3 is 0 Å². The number of amides is 1. The Balaban J connectivity index is 1.88. The Morgan fingerprint density at radius 1 is 1.06 bits per heavy atom. The number of sulfonamides is 1. The van der Waals surface area contributed by atoms with E-state index in [1.807, 2.05) is 0 Å². The number of nitrogens with zero attached hydrogens (tertiary/aromatic N) is 1. The molecule has 0 bridgehead atoms. The minimum atomic E-state index is -4.18. The van der Waals surface area contributed by atoms with Crippen LogP contribution in [0.5, 0.6) is 5.75 Å². The van der Waals surface area contributed by atoms with Crippen molar-refractivity contribution < 1.29 is 22.9 Å². The van der Waals surface area contributed by atoms with Crippen LogP contribution in [0.15, 0.2) is 71.6 Å². The molecule has 0 fully saturated rings. The van der Waals surface area contributed by atoms with E-state index in [-0.39, 0.29) is 27.6 Å². The molecule has 0 aliphatic carbocycles. The Morgan fingerprint density at radius 2 is 1.81 bits per heavy atom. The van der Waals surface area contributed by atoms with Gasteiger partial charge in [-0.1, -0.05) is 23.7 Å². The number of rotatable bonds is 7. The number of nitro benzene ring substituents is 1. The number of nitro groups is 1. The molecule has 160 valence electrons. The number of carbonyl (C=O) groups excluding carboxylic acids is 1. The summed E-state index contributed by atoms with van der Waals surface area (Å²) in [4.78, 5) is 22.7. The van der Waals surface area contributed by atoms with Gasteiger partial charge in [0.1, 0.15) is 5.75 Å². The summed E-state index contributed by atoms with van der Waals surface area (Å²) in [5, 5.41) is 14.1. The molecule has 0 spiro atoms. The van der Waals surface area contributed by atoms with Crippen LogP contribution in [0.4, 0.5) is 17.1 Å². The summed E-state index contributed by atoms with van der Waals surface area (Å²) < 4.78 is 33.0. The fourth-order valence-electron chi connectivity index (χ4n) is 2.67. The van der Waals surface area contributed by atoms with Crippen molar-refractivity contribution in [2.75, 3.05) is 17.1 Å². The van der Waals surface area contributed by atoms with Gasteiger partial charge in [-0.05, 0) is 42.5 Å². The summed E-state index contributed by atoms with van der Waals surface area (Å²) in [6.45, 7) is 0. The average Bonchev–Trinajstić information content (AvgIpc) is 2.73. The second-order valence-corrected chi connectivity index (χ2v) is 8.36. The molecule has 0 saturated carbocycles. The molecule has 0 saturated heterocycles. The number of nitrogens with one attached hydrogen (secondary N) is 2. The van der Waals surface area contributed by atoms with Crippen molar-refractivity contribution in [3.05, 3.63) is 87.4 Å². The predicted octanol–water partition coefficient (Wildman–Crippen LogP) is 4.31. The Labute approximate surface area is 182 Å². The van der Waals surface area contributed by atoms with Gasteiger partial charge in [0.25, 0.3) is 21.6 Å². The van der Waals surface area contributed by atoms with Crippen LogP contribution in [0, 0.1) is 10.1 Å². The molecule has 0 unspecified atom stereocenters. The predicted molar refractivity (Wildman–Crippen MR) is 116 cm³/mol. The number of hydrogen-bond donors (Lipinski definition) is 2. The number of halogens is 1. The molecule has 3 rings (SSSR count). The van der Waals surface area contributed by atoms with Crippen molar-refractivity contribution in [1.29, 1.82) is 0 Å². The van der Waals surface area contributed by atoms with E-state index in [0.29, 0.717) is 10.7 Å². The summed E-state index contributed by atoms with van der Waals surface area (Å²) in [7, 11) is -2.87. The monoisotopic (exact) mass is 461 g/mol. The highest BCUT2D eigenvalue weighted by Gasteiger charge is 2.20. The highest BCUT2D eigenvalue weighted by atomic mass is 35.5. The van der Waals surface area contributed by atoms with E-state index >= 15 is 0 Å². The zero-order valence-electron chi connectivity index (χ0n) is 16.0. The molecule has 31 heavy (non-hydrogen) atoms. The maximum atomic E-state index is 12.8. The lowest BCUT2D eigenvalue weighted by Gasteiger charge is -2.12. The van der Waals surface area contributed by atoms with Crippen molar-refractivity contribution in [3.8, 4) is 5.75 Å². The average molecular weight is 462 g/mol. The summed E-state index contributed by atoms with van der Waals surface area (Å²) in [6, 6.07) is 15.4. The van der Waals surface area contributed by atoms with Gasteiger partial charge in [-0.3, -0.25) is 19.6 Å². The maximum Gasteiger partial charge on any atom is 0.271 e. The molecule has 0 radical (unpaired) electrons. The third-order valence-corrected chi connectivity index (χ3v) is 5.73. The van der Waals surface area contributed by atoms with Crippen LogP contribution in [0.3, 0.4) is 0 Å². The zero-order valence-corrected chi connectivity index (χ0v) is 17.6. The normalized spacial score (nSPS) is 10.9. The Bertz CT molecular complexity index is 1260. The third kappa shape index (κ3) is 5.30. The molecule has 0 aromatic heterocycles. The summed E-state index contributed by atoms with van der Waals surface area (Å²) >= 11 is 5.90. The lowest BCUT2D eigenvalue weighted by molar-refractivity contribution is -0.384. The minimum Gasteiger partial charge on any atom is -0.495 e. The van der Waals surface area contributed by atoms with Crippen LogP contribution in [-0.4, -0.2) is 26.4 Å². The van der Waals surface area contributed by atoms with Gasteiger partial charge in [0, 0.05) is 28.4 Å². The quantitative estimate of drug-likeness (QED) is 0.398. The second-order valence-electron chi connectivity index (χ2n) is 6.24. The summed E-state index contributed by atoms with van der Waals surface area (Å²) in [6.07, 6.45) is 0. The first-order valence-electron chi connectivity index (χ1n) is 8.72. The van der Waals surface area contributed by atoms with Gasteiger partial charge < -0.3 is 10.1 Å². The van der Waals surface area contributed by atoms with Gasteiger partial charge in [-0.2, -0.15) is 0 Å². The van der Waals surface area contributed by atoms with E-state index in [1.165, 1.54) is 43.5 Å². The number of ether oxygens (including phenoxy) is 1. The first kappa shape index (κ1) is 22.1. The molecule has 0 aliphatic heterocycles. The first-order chi connectivity index (χ1) is 14.7. The van der Waals surface area contributed by atoms with Crippen LogP contribution >= 0.6 is 11.6 Å². The van der Waals surface area contributed by atoms with E-state index in [2.05, 4.69) is 10.0 Å². The van der Waals surface area contributed by atoms with Crippen molar-refractivity contribution in [2.45, 2.75) is 4.90 Å². The second kappa shape index (κ2) is 9.02. The maximum absolute atomic E-state index is 12.8. The first-order valence-corrected chi connectivity index (χ1v) is 10.6. The Morgan fingerprint density at radius 3 is 2.48 bits per heavy atom. The molecule has 3 aromatic rings. The molecular formula is C20H16ClN3O6S. The number of non-ortho nitro benzene ring substituents is 1. The van der Waals surface area contributed by atoms with Crippen molar-refractivity contribution in [1.82, 2.24) is 0 Å². The lowest BCUT2D eigenvalue weighted by atomic mass is 10.2. The van der Waals surface area contributed by atoms with Crippen LogP contribution in [0.1, 0.15) is 10.4 Å². The highest BCUT2D eigenvalue weighted by molar-refractivity contribution is 7.92. The molecule has 1 amide bonds. The standard InChI is InChI=1S/C20H16ClN3O6S/c1-30-19-9-8-16(24(26)27)12-18(19)23-31(28,29)17-7-2-4-13(10-17)20(25)22-15-6-3-5-14(21)11-15/h2-12,23H,1H3,(H,22,25). The third-order valence-electron chi connectivity index (χ3n) is 4.13. The Hall–Kier alpha value is -3.63. The molecule has 3 aromatic carbocycles. The van der Waals surface area contributed by atoms with Gasteiger partial charge in [0.05, 0.1) is 22.6 Å². The largest absolute Gasteiger partial charge is 0.495 e. The van der Waals surface area contributed by atoms with E-state index in [4.69, 9.17) is 16.3 Å². The molecule has 0 heterocycles. The van der Waals surface area contributed by atoms with Gasteiger partial charge in [0.2, 0.25) is 0 Å². The van der Waals surface area contributed by atoms with Gasteiger partial charge in [-0.15, -0.1) is 0 Å². The van der Waals surface area contributed by atoms with Crippen molar-refractivity contribution in [3.63, 3.8) is 0 Å². The number of anilines is 2. The fraction of sp³-hybridized carbons (Fsp3) is 0.0500. The van der Waals surface area contributed by atoms with Gasteiger partial charge in [-0.25, -0.2) is 8.42 Å². The van der Waals surface area contributed by atoms with E-state index in [1.54, 1.807) is 24.3 Å². The molecule has 11 heteroatoms. The van der Waals surface area contributed by atoms with Crippen LogP contribution in [0.2, 0.25) is 5.02 Å². The topological polar surface area (TPSA) is 128 Å². The molecular weight excluding hydrogens is 446 g/mol. The van der Waals surface area contributed by atoms with E-state index in [9.17, 15) is 23.3 Å². The highest BCUT2D eigenvalue weighted by Crippen LogP contribution is 2.31. The summed E-state index contributed by atoms with van der Waals surface area (Å²) in [5.41, 5.74) is 0.123. The SMILES string of the molecule is COc1ccc([N+](=O)[O-])cc1NS(=O)(=O)c1cccc(C(=O)Nc2cccc(Cl)c2)c1. The minimum absolute atomic E-state index is 0.0915. The number of methoxy groups -OCH3 is 1. The van der Waals surface area contributed by atoms with Gasteiger partial charge in [0.15, 0.2) is 0 Å². The van der Waals surface area contributed by atoms with Crippen molar-refractivity contribution in [2.24, 2.45) is 0 Å². The smallest absolute Gasteiger partial charge is 0.271 e. The van der Waals surface area contributed by atoms with Crippen LogP contribution < -0.4 is 14.8 Å². The zero-order chi connectivity index (χ0) is 22.6.